The molecule has 3 N–H and O–H groups in total. The minimum Gasteiger partial charge on any atom is -0.381 e. The van der Waals surface area contributed by atoms with Crippen LogP contribution in [0.4, 0.5) is 5.69 Å². The highest BCUT2D eigenvalue weighted by molar-refractivity contribution is 5.97. The van der Waals surface area contributed by atoms with Crippen LogP contribution in [0.25, 0.3) is 0 Å². The lowest BCUT2D eigenvalue weighted by atomic mass is 9.82. The highest BCUT2D eigenvalue weighted by Crippen LogP contribution is 2.27. The highest BCUT2D eigenvalue weighted by atomic mass is 16.5. The molecular weight excluding hydrogens is 346 g/mol. The van der Waals surface area contributed by atoms with Crippen LogP contribution in [0.2, 0.25) is 0 Å². The SMILES string of the molecule is COC1CCC(C(N)=O)C(NC(=O)c2ccc(N3CCCCC3=O)cc2)C1. The summed E-state index contributed by atoms with van der Waals surface area (Å²) in [5.41, 5.74) is 6.81. The van der Waals surface area contributed by atoms with Crippen LogP contribution >= 0.6 is 0 Å². The van der Waals surface area contributed by atoms with Crippen molar-refractivity contribution in [2.75, 3.05) is 18.6 Å². The minimum absolute atomic E-state index is 0.0124. The molecule has 0 aromatic heterocycles. The Kier molecular flexibility index (Phi) is 6.11. The van der Waals surface area contributed by atoms with E-state index in [0.29, 0.717) is 31.4 Å². The summed E-state index contributed by atoms with van der Waals surface area (Å²) in [5, 5.41) is 2.94. The molecule has 3 rings (SSSR count). The number of methoxy groups -OCH3 is 1. The summed E-state index contributed by atoms with van der Waals surface area (Å²) >= 11 is 0. The van der Waals surface area contributed by atoms with Gasteiger partial charge in [0.05, 0.1) is 12.0 Å². The number of ether oxygens (including phenoxy) is 1. The Hall–Kier alpha value is -2.41. The van der Waals surface area contributed by atoms with Crippen LogP contribution in [-0.2, 0) is 14.3 Å². The molecular formula is C20H27N3O4. The maximum atomic E-state index is 12.6. The Morgan fingerprint density at radius 2 is 1.93 bits per heavy atom. The molecule has 3 amide bonds. The van der Waals surface area contributed by atoms with E-state index in [2.05, 4.69) is 5.32 Å². The maximum absolute atomic E-state index is 12.6. The first-order valence-electron chi connectivity index (χ1n) is 9.53. The molecule has 0 bridgehead atoms. The molecule has 0 spiro atoms. The van der Waals surface area contributed by atoms with Crippen LogP contribution in [0, 0.1) is 5.92 Å². The van der Waals surface area contributed by atoms with Crippen molar-refractivity contribution in [2.45, 2.75) is 50.7 Å². The van der Waals surface area contributed by atoms with Gasteiger partial charge in [0, 0.05) is 37.4 Å². The van der Waals surface area contributed by atoms with Crippen molar-refractivity contribution in [1.29, 1.82) is 0 Å². The molecule has 27 heavy (non-hydrogen) atoms. The molecule has 1 saturated carbocycles. The van der Waals surface area contributed by atoms with Crippen molar-refractivity contribution in [3.63, 3.8) is 0 Å². The van der Waals surface area contributed by atoms with Crippen molar-refractivity contribution in [3.05, 3.63) is 29.8 Å². The molecule has 1 saturated heterocycles. The molecule has 1 aliphatic carbocycles. The maximum Gasteiger partial charge on any atom is 0.251 e. The largest absolute Gasteiger partial charge is 0.381 e. The molecule has 0 radical (unpaired) electrons. The van der Waals surface area contributed by atoms with E-state index in [9.17, 15) is 14.4 Å². The molecule has 7 heteroatoms. The van der Waals surface area contributed by atoms with Crippen LogP contribution in [-0.4, -0.2) is 43.5 Å². The van der Waals surface area contributed by atoms with Gasteiger partial charge < -0.3 is 20.7 Å². The van der Waals surface area contributed by atoms with Gasteiger partial charge in [-0.1, -0.05) is 0 Å². The molecule has 3 unspecified atom stereocenters. The second kappa shape index (κ2) is 8.52. The summed E-state index contributed by atoms with van der Waals surface area (Å²) < 4.78 is 5.39. The van der Waals surface area contributed by atoms with Crippen molar-refractivity contribution < 1.29 is 19.1 Å². The summed E-state index contributed by atoms with van der Waals surface area (Å²) in [7, 11) is 1.63. The minimum atomic E-state index is -0.395. The lowest BCUT2D eigenvalue weighted by molar-refractivity contribution is -0.124. The fourth-order valence-corrected chi connectivity index (χ4v) is 3.97. The second-order valence-electron chi connectivity index (χ2n) is 7.31. The first-order chi connectivity index (χ1) is 13.0. The van der Waals surface area contributed by atoms with E-state index in [0.717, 1.165) is 24.9 Å². The Bertz CT molecular complexity index is 704. The van der Waals surface area contributed by atoms with Gasteiger partial charge in [-0.15, -0.1) is 0 Å². The van der Waals surface area contributed by atoms with Crippen LogP contribution in [0.15, 0.2) is 24.3 Å². The summed E-state index contributed by atoms with van der Waals surface area (Å²) in [6.45, 7) is 0.713. The number of amides is 3. The van der Waals surface area contributed by atoms with Crippen molar-refractivity contribution in [3.8, 4) is 0 Å². The third-order valence-corrected chi connectivity index (χ3v) is 5.58. The average Bonchev–Trinajstić information content (AvgIpc) is 2.68. The number of carbonyl (C=O) groups is 3. The van der Waals surface area contributed by atoms with Gasteiger partial charge in [0.1, 0.15) is 0 Å². The molecule has 2 fully saturated rings. The topological polar surface area (TPSA) is 102 Å². The third kappa shape index (κ3) is 4.47. The number of primary amides is 1. The predicted molar refractivity (Wildman–Crippen MR) is 101 cm³/mol. The first-order valence-corrected chi connectivity index (χ1v) is 9.53. The fourth-order valence-electron chi connectivity index (χ4n) is 3.97. The zero-order valence-electron chi connectivity index (χ0n) is 15.6. The normalized spacial score (nSPS) is 25.9. The summed E-state index contributed by atoms with van der Waals surface area (Å²) in [6, 6.07) is 6.67. The Morgan fingerprint density at radius 1 is 1.19 bits per heavy atom. The standard InChI is InChI=1S/C20H27N3O4/c1-27-15-9-10-16(19(21)25)17(12-15)22-20(26)13-5-7-14(8-6-13)23-11-3-2-4-18(23)24/h5-8,15-17H,2-4,9-12H2,1H3,(H2,21,25)(H,22,26). The van der Waals surface area contributed by atoms with E-state index < -0.39 is 5.91 Å². The number of carbonyl (C=O) groups excluding carboxylic acids is 3. The van der Waals surface area contributed by atoms with Crippen molar-refractivity contribution >= 4 is 23.4 Å². The van der Waals surface area contributed by atoms with E-state index >= 15 is 0 Å². The summed E-state index contributed by atoms with van der Waals surface area (Å²) in [5.74, 6) is -0.908. The molecule has 146 valence electrons. The van der Waals surface area contributed by atoms with E-state index in [-0.39, 0.29) is 29.9 Å². The molecule has 7 nitrogen and oxygen atoms in total. The van der Waals surface area contributed by atoms with Gasteiger partial charge in [-0.3, -0.25) is 14.4 Å². The number of nitrogens with zero attached hydrogens (tertiary/aromatic N) is 1. The number of anilines is 1. The van der Waals surface area contributed by atoms with Crippen LogP contribution in [0.3, 0.4) is 0 Å². The van der Waals surface area contributed by atoms with Gasteiger partial charge in [0.25, 0.3) is 5.91 Å². The Morgan fingerprint density at radius 3 is 2.56 bits per heavy atom. The number of nitrogens with one attached hydrogen (secondary N) is 1. The Labute approximate surface area is 159 Å². The lowest BCUT2D eigenvalue weighted by Crippen LogP contribution is -2.50. The van der Waals surface area contributed by atoms with E-state index in [1.54, 1.807) is 36.3 Å². The van der Waals surface area contributed by atoms with Crippen LogP contribution in [0.1, 0.15) is 48.9 Å². The zero-order chi connectivity index (χ0) is 19.4. The monoisotopic (exact) mass is 373 g/mol. The van der Waals surface area contributed by atoms with Gasteiger partial charge in [-0.05, 0) is 56.4 Å². The Balaban J connectivity index is 1.67. The molecule has 2 aliphatic rings. The van der Waals surface area contributed by atoms with E-state index in [4.69, 9.17) is 10.5 Å². The third-order valence-electron chi connectivity index (χ3n) is 5.58. The molecule has 1 aliphatic heterocycles. The van der Waals surface area contributed by atoms with Crippen molar-refractivity contribution in [1.82, 2.24) is 5.32 Å². The highest BCUT2D eigenvalue weighted by Gasteiger charge is 2.35. The van der Waals surface area contributed by atoms with Crippen LogP contribution < -0.4 is 16.0 Å². The van der Waals surface area contributed by atoms with Gasteiger partial charge in [0.15, 0.2) is 0 Å². The molecule has 1 aromatic carbocycles. The predicted octanol–water partition coefficient (Wildman–Crippen LogP) is 1.60. The summed E-state index contributed by atoms with van der Waals surface area (Å²) in [4.78, 5) is 38.2. The zero-order valence-corrected chi connectivity index (χ0v) is 15.6. The lowest BCUT2D eigenvalue weighted by Gasteiger charge is -2.34. The van der Waals surface area contributed by atoms with Crippen molar-refractivity contribution in [2.24, 2.45) is 11.7 Å². The quantitative estimate of drug-likeness (QED) is 0.818. The van der Waals surface area contributed by atoms with E-state index in [1.165, 1.54) is 0 Å². The van der Waals surface area contributed by atoms with Crippen LogP contribution in [0.5, 0.6) is 0 Å². The number of piperidine rings is 1. The smallest absolute Gasteiger partial charge is 0.251 e. The molecule has 1 heterocycles. The van der Waals surface area contributed by atoms with Gasteiger partial charge >= 0.3 is 0 Å². The molecule has 3 atom stereocenters. The second-order valence-corrected chi connectivity index (χ2v) is 7.31. The fraction of sp³-hybridized carbons (Fsp3) is 0.550. The van der Waals surface area contributed by atoms with E-state index in [1.807, 2.05) is 0 Å². The number of hydrogen-bond donors (Lipinski definition) is 2. The number of nitrogens with two attached hydrogens (primary N) is 1. The average molecular weight is 373 g/mol. The van der Waals surface area contributed by atoms with Gasteiger partial charge in [0.2, 0.25) is 11.8 Å². The van der Waals surface area contributed by atoms with Gasteiger partial charge in [-0.2, -0.15) is 0 Å². The number of hydrogen-bond acceptors (Lipinski definition) is 4. The number of rotatable bonds is 5. The number of benzene rings is 1. The van der Waals surface area contributed by atoms with Gasteiger partial charge in [-0.25, -0.2) is 0 Å². The summed E-state index contributed by atoms with van der Waals surface area (Å²) in [6.07, 6.45) is 4.43. The molecule has 1 aromatic rings. The first kappa shape index (κ1) is 19.4.